The van der Waals surface area contributed by atoms with E-state index in [4.69, 9.17) is 5.73 Å². The molecule has 1 saturated carbocycles. The average Bonchev–Trinajstić information content (AvgIpc) is 2.80. The number of nitrogens with zero attached hydrogens (tertiary/aromatic N) is 1. The normalized spacial score (nSPS) is 29.1. The molecule has 5 rings (SSSR count). The summed E-state index contributed by atoms with van der Waals surface area (Å²) >= 11 is -0.156. The Kier molecular flexibility index (Phi) is 6.36. The molecule has 7 nitrogen and oxygen atoms in total. The van der Waals surface area contributed by atoms with Crippen molar-refractivity contribution in [3.05, 3.63) is 85.9 Å². The van der Waals surface area contributed by atoms with E-state index in [0.29, 0.717) is 12.8 Å². The van der Waals surface area contributed by atoms with Crippen LogP contribution in [0.15, 0.2) is 69.2 Å². The molecule has 200 valence electrons. The fourth-order valence-corrected chi connectivity index (χ4v) is 9.01. The van der Waals surface area contributed by atoms with E-state index in [1.807, 2.05) is 6.07 Å². The largest absolute Gasteiger partial charge is 0.510 e. The van der Waals surface area contributed by atoms with Crippen molar-refractivity contribution in [2.45, 2.75) is 38.3 Å². The summed E-state index contributed by atoms with van der Waals surface area (Å²) in [5.41, 5.74) is 6.88. The van der Waals surface area contributed by atoms with Gasteiger partial charge >= 0.3 is 0 Å². The smallest absolute Gasteiger partial charge is 0.199 e. The zero-order valence-electron chi connectivity index (χ0n) is 22.0. The van der Waals surface area contributed by atoms with Gasteiger partial charge in [0.25, 0.3) is 0 Å². The van der Waals surface area contributed by atoms with Crippen molar-refractivity contribution in [2.24, 2.45) is 17.6 Å². The maximum Gasteiger partial charge on any atom is 0.199 e. The summed E-state index contributed by atoms with van der Waals surface area (Å²) in [6, 6.07) is 2.68. The number of fused-ring (bicyclic) bond motifs is 3. The van der Waals surface area contributed by atoms with Crippen LogP contribution in [-0.4, -0.2) is 60.4 Å². The second kappa shape index (κ2) is 9.07. The average molecular weight is 629 g/mol. The molecule has 4 aliphatic rings. The molecule has 1 aliphatic heterocycles. The number of aliphatic hydroxyl groups is 3. The van der Waals surface area contributed by atoms with Crippen molar-refractivity contribution in [2.75, 3.05) is 14.1 Å². The second-order valence-corrected chi connectivity index (χ2v) is 14.7. The summed E-state index contributed by atoms with van der Waals surface area (Å²) in [4.78, 5) is 15.9. The van der Waals surface area contributed by atoms with Crippen LogP contribution in [0.5, 0.6) is 5.75 Å². The van der Waals surface area contributed by atoms with E-state index in [0.717, 1.165) is 16.7 Å². The van der Waals surface area contributed by atoms with Gasteiger partial charge in [-0.05, 0) is 94.3 Å². The molecule has 1 fully saturated rings. The third kappa shape index (κ3) is 3.68. The highest BCUT2D eigenvalue weighted by molar-refractivity contribution is 14.2. The van der Waals surface area contributed by atoms with Crippen molar-refractivity contribution < 1.29 is 25.2 Å². The number of hydrogen-bond donors (Lipinski definition) is 5. The molecule has 4 atom stereocenters. The Bertz CT molecular complexity index is 1490. The van der Waals surface area contributed by atoms with E-state index in [1.54, 1.807) is 19.0 Å². The summed E-state index contributed by atoms with van der Waals surface area (Å²) in [6.07, 6.45) is 5.01. The Balaban J connectivity index is 1.72. The molecule has 0 bridgehead atoms. The number of halogens is 1. The van der Waals surface area contributed by atoms with Gasteiger partial charge in [-0.15, -0.1) is 0 Å². The first-order valence-electron chi connectivity index (χ1n) is 12.5. The molecule has 8 heteroatoms. The second-order valence-electron chi connectivity index (χ2n) is 10.8. The van der Waals surface area contributed by atoms with Gasteiger partial charge in [-0.3, -0.25) is 9.69 Å². The lowest BCUT2D eigenvalue weighted by atomic mass is 9.56. The number of aromatic hydroxyl groups is 1. The molecule has 0 saturated heterocycles. The summed E-state index contributed by atoms with van der Waals surface area (Å²) in [5.74, 6) is -2.38. The number of Topliss-reactive ketones (excluding diaryl/α,β-unsaturated/α-hetero) is 1. The van der Waals surface area contributed by atoms with Gasteiger partial charge in [0.15, 0.2) is 11.4 Å². The number of aliphatic hydroxyl groups excluding tert-OH is 2. The highest BCUT2D eigenvalue weighted by atomic mass is 127. The fourth-order valence-electron chi connectivity index (χ4n) is 6.68. The van der Waals surface area contributed by atoms with Crippen molar-refractivity contribution in [3.8, 4) is 5.75 Å². The van der Waals surface area contributed by atoms with Crippen LogP contribution in [0.25, 0.3) is 11.3 Å². The first kappa shape index (κ1) is 26.6. The number of carbonyl (C=O) groups is 1. The van der Waals surface area contributed by atoms with E-state index in [2.05, 4.69) is 39.2 Å². The lowest BCUT2D eigenvalue weighted by Crippen LogP contribution is -2.63. The van der Waals surface area contributed by atoms with Gasteiger partial charge in [0, 0.05) is 22.8 Å². The number of likely N-dealkylation sites (N-methyl/N-ethyl adjacent to an activating group) is 1. The number of carbonyl (C=O) groups excluding carboxylic acids is 1. The van der Waals surface area contributed by atoms with Gasteiger partial charge in [-0.1, -0.05) is 40.0 Å². The summed E-state index contributed by atoms with van der Waals surface area (Å²) < 4.78 is 2.65. The maximum absolute atomic E-state index is 14.1. The molecule has 0 amide bonds. The van der Waals surface area contributed by atoms with Crippen LogP contribution in [-0.2, 0) is 11.2 Å². The van der Waals surface area contributed by atoms with Crippen LogP contribution in [0.3, 0.4) is 0 Å². The standard InChI is InChI=1S/C30H33IN2O5/c1-13-9-17(10-14(2)31-13)19-7-8-22(34)25-20(19)11-18-12-21-26(33(5)6)28(36)23(16(4)32)15(3)30(21,38)29(37)24(18)27(25)35/h7-10,18,21,26,34-36,38H,3-4,11-12,32H2,1-2,5-6H3/t18-,21-,26-,30-/m0/s1. The molecule has 0 unspecified atom stereocenters. The summed E-state index contributed by atoms with van der Waals surface area (Å²) in [7, 11) is 3.52. The number of benzene rings is 1. The molecule has 38 heavy (non-hydrogen) atoms. The van der Waals surface area contributed by atoms with E-state index >= 15 is 0 Å². The molecule has 0 aromatic heterocycles. The van der Waals surface area contributed by atoms with Gasteiger partial charge in [-0.25, -0.2) is 0 Å². The molecule has 1 aromatic carbocycles. The third-order valence-electron chi connectivity index (χ3n) is 8.18. The number of ketones is 1. The molecular formula is C30H33IN2O5. The first-order chi connectivity index (χ1) is 17.8. The quantitative estimate of drug-likeness (QED) is 0.314. The number of phenolic OH excluding ortho intramolecular Hbond substituents is 1. The lowest BCUT2D eigenvalue weighted by Gasteiger charge is -2.52. The minimum Gasteiger partial charge on any atom is -0.510 e. The highest BCUT2D eigenvalue weighted by Gasteiger charge is 2.61. The number of hydrogen-bond acceptors (Lipinski definition) is 7. The monoisotopic (exact) mass is 628 g/mol. The molecule has 0 spiro atoms. The first-order valence-corrected chi connectivity index (χ1v) is 14.6. The zero-order chi connectivity index (χ0) is 27.8. The molecule has 0 radical (unpaired) electrons. The van der Waals surface area contributed by atoms with Crippen LogP contribution < -0.4 is 5.73 Å². The van der Waals surface area contributed by atoms with Crippen molar-refractivity contribution in [1.29, 1.82) is 0 Å². The number of phenols is 1. The SMILES string of the molecule is C=C(N)C1=C(O)[C@@H](N(C)C)[C@@H]2C[C@@H]3Cc4c(C5=CC(C)=IC(C)=C5)ccc(O)c4C(O)=C3C(=O)[C@]2(O)C1=C. The van der Waals surface area contributed by atoms with Crippen LogP contribution in [0.4, 0.5) is 0 Å². The van der Waals surface area contributed by atoms with Gasteiger partial charge in [0.2, 0.25) is 0 Å². The van der Waals surface area contributed by atoms with Gasteiger partial charge in [0.05, 0.1) is 11.6 Å². The number of allylic oxidation sites excluding steroid dienone is 5. The lowest BCUT2D eigenvalue weighted by molar-refractivity contribution is -0.143. The Morgan fingerprint density at radius 3 is 2.47 bits per heavy atom. The molecule has 3 aliphatic carbocycles. The Morgan fingerprint density at radius 1 is 1.18 bits per heavy atom. The van der Waals surface area contributed by atoms with Crippen LogP contribution in [0, 0.1) is 11.8 Å². The van der Waals surface area contributed by atoms with E-state index in [1.165, 1.54) is 13.2 Å². The van der Waals surface area contributed by atoms with E-state index in [9.17, 15) is 25.2 Å². The third-order valence-corrected chi connectivity index (χ3v) is 10.5. The van der Waals surface area contributed by atoms with Crippen LogP contribution >= 0.6 is 20.7 Å². The highest BCUT2D eigenvalue weighted by Crippen LogP contribution is 2.55. The van der Waals surface area contributed by atoms with Gasteiger partial charge < -0.3 is 26.2 Å². The zero-order valence-corrected chi connectivity index (χ0v) is 24.1. The molecule has 1 aromatic rings. The predicted molar refractivity (Wildman–Crippen MR) is 159 cm³/mol. The maximum atomic E-state index is 14.1. The minimum atomic E-state index is -2.11. The van der Waals surface area contributed by atoms with E-state index in [-0.39, 0.29) is 66.0 Å². The fraction of sp³-hybridized carbons (Fsp3) is 0.333. The number of nitrogens with two attached hydrogens (primary N) is 1. The van der Waals surface area contributed by atoms with E-state index < -0.39 is 29.3 Å². The van der Waals surface area contributed by atoms with Gasteiger partial charge in [-0.2, -0.15) is 0 Å². The van der Waals surface area contributed by atoms with Crippen molar-refractivity contribution >= 4 is 41.4 Å². The summed E-state index contributed by atoms with van der Waals surface area (Å²) in [5, 5.41) is 45.6. The van der Waals surface area contributed by atoms with Crippen LogP contribution in [0.2, 0.25) is 0 Å². The minimum absolute atomic E-state index is 0.00532. The van der Waals surface area contributed by atoms with Gasteiger partial charge in [0.1, 0.15) is 17.3 Å². The van der Waals surface area contributed by atoms with Crippen molar-refractivity contribution in [1.82, 2.24) is 4.90 Å². The topological polar surface area (TPSA) is 127 Å². The van der Waals surface area contributed by atoms with Crippen molar-refractivity contribution in [3.63, 3.8) is 0 Å². The number of rotatable bonds is 3. The Labute approximate surface area is 232 Å². The predicted octanol–water partition coefficient (Wildman–Crippen LogP) is 4.40. The van der Waals surface area contributed by atoms with Crippen LogP contribution in [0.1, 0.15) is 37.0 Å². The Hall–Kier alpha value is -2.95. The molecule has 6 N–H and O–H groups in total. The Morgan fingerprint density at radius 2 is 1.87 bits per heavy atom. The molecular weight excluding hydrogens is 595 g/mol. The molecule has 1 heterocycles. The summed E-state index contributed by atoms with van der Waals surface area (Å²) in [6.45, 7) is 11.9.